The second kappa shape index (κ2) is 6.43. The Bertz CT molecular complexity index is 499. The molecule has 0 aliphatic carbocycles. The van der Waals surface area contributed by atoms with E-state index in [1.165, 1.54) is 12.7 Å². The normalized spacial score (nSPS) is 18.3. The minimum atomic E-state index is -0.296. The third-order valence-corrected chi connectivity index (χ3v) is 3.28. The number of hydrogen-bond acceptors (Lipinski definition) is 4. The van der Waals surface area contributed by atoms with Gasteiger partial charge < -0.3 is 9.47 Å². The lowest BCUT2D eigenvalue weighted by Crippen LogP contribution is -2.33. The van der Waals surface area contributed by atoms with Crippen molar-refractivity contribution in [2.24, 2.45) is 0 Å². The highest BCUT2D eigenvalue weighted by molar-refractivity contribution is 7.78. The Morgan fingerprint density at radius 3 is 2.84 bits per heavy atom. The molecule has 1 aromatic carbocycles. The van der Waals surface area contributed by atoms with Crippen molar-refractivity contribution in [3.05, 3.63) is 35.9 Å². The predicted octanol–water partition coefficient (Wildman–Crippen LogP) is 1.91. The third-order valence-electron chi connectivity index (χ3n) is 3.18. The monoisotopic (exact) mass is 278 g/mol. The van der Waals surface area contributed by atoms with E-state index in [-0.39, 0.29) is 12.0 Å². The molecule has 0 fully saturated rings. The number of methoxy groups -OCH3 is 1. The Labute approximate surface area is 117 Å². The van der Waals surface area contributed by atoms with Crippen molar-refractivity contribution in [2.45, 2.75) is 25.4 Å². The molecule has 2 rings (SSSR count). The van der Waals surface area contributed by atoms with Crippen molar-refractivity contribution in [1.29, 1.82) is 0 Å². The van der Waals surface area contributed by atoms with Crippen molar-refractivity contribution < 1.29 is 18.8 Å². The van der Waals surface area contributed by atoms with Crippen LogP contribution in [0.5, 0.6) is 0 Å². The van der Waals surface area contributed by atoms with E-state index in [0.29, 0.717) is 19.4 Å². The summed E-state index contributed by atoms with van der Waals surface area (Å²) in [5.74, 6) is 0.494. The molecule has 0 radical (unpaired) electrons. The van der Waals surface area contributed by atoms with Crippen LogP contribution in [0.2, 0.25) is 0 Å². The molecule has 0 amide bonds. The van der Waals surface area contributed by atoms with Crippen LogP contribution in [-0.4, -0.2) is 35.1 Å². The van der Waals surface area contributed by atoms with Crippen molar-refractivity contribution in [2.75, 3.05) is 7.11 Å². The highest BCUT2D eigenvalue weighted by Gasteiger charge is 2.40. The molecule has 0 spiro atoms. The van der Waals surface area contributed by atoms with Gasteiger partial charge in [-0.1, -0.05) is 30.3 Å². The number of esters is 1. The molecule has 5 heteroatoms. The maximum absolute atomic E-state index is 11.8. The van der Waals surface area contributed by atoms with E-state index in [0.717, 1.165) is 11.5 Å². The maximum Gasteiger partial charge on any atom is 0.375 e. The van der Waals surface area contributed by atoms with Crippen LogP contribution in [0.4, 0.5) is 0 Å². The fourth-order valence-corrected chi connectivity index (χ4v) is 2.39. The van der Waals surface area contributed by atoms with Gasteiger partial charge in [0.1, 0.15) is 0 Å². The maximum atomic E-state index is 11.8. The molecule has 100 valence electrons. The summed E-state index contributed by atoms with van der Waals surface area (Å²) in [6.45, 7) is 0.610. The molecule has 0 unspecified atom stereocenters. The van der Waals surface area contributed by atoms with Crippen LogP contribution in [0.25, 0.3) is 0 Å². The lowest BCUT2D eigenvalue weighted by atomic mass is 10.2. The number of nitrogens with zero attached hydrogens (tertiary/aromatic N) is 1. The minimum absolute atomic E-state index is 0.237. The van der Waals surface area contributed by atoms with Crippen LogP contribution < -0.4 is 0 Å². The second-order valence-electron chi connectivity index (χ2n) is 4.30. The van der Waals surface area contributed by atoms with Crippen LogP contribution in [0.1, 0.15) is 18.4 Å². The Morgan fingerprint density at radius 1 is 1.47 bits per heavy atom. The number of thiocarbonyl (C=S) groups is 1. The Hall–Kier alpha value is -1.75. The van der Waals surface area contributed by atoms with Crippen LogP contribution in [0.15, 0.2) is 30.3 Å². The number of carbonyl (C=O) groups is 1. The highest BCUT2D eigenvalue weighted by Crippen LogP contribution is 2.18. The van der Waals surface area contributed by atoms with Gasteiger partial charge in [-0.2, -0.15) is 4.58 Å². The van der Waals surface area contributed by atoms with Gasteiger partial charge in [0.2, 0.25) is 0 Å². The first-order valence-corrected chi connectivity index (χ1v) is 6.58. The van der Waals surface area contributed by atoms with E-state index in [2.05, 4.69) is 0 Å². The predicted molar refractivity (Wildman–Crippen MR) is 75.2 cm³/mol. The van der Waals surface area contributed by atoms with Gasteiger partial charge in [-0.3, -0.25) is 0 Å². The van der Waals surface area contributed by atoms with Crippen molar-refractivity contribution in [3.63, 3.8) is 0 Å². The Balaban J connectivity index is 2.25. The van der Waals surface area contributed by atoms with Gasteiger partial charge in [0, 0.05) is 12.0 Å². The van der Waals surface area contributed by atoms with Gasteiger partial charge >= 0.3 is 11.9 Å². The number of ether oxygens (including phenoxy) is 2. The van der Waals surface area contributed by atoms with E-state index in [1.54, 1.807) is 0 Å². The quantitative estimate of drug-likeness (QED) is 0.479. The fourth-order valence-electron chi connectivity index (χ4n) is 2.28. The van der Waals surface area contributed by atoms with Crippen molar-refractivity contribution in [3.8, 4) is 0 Å². The summed E-state index contributed by atoms with van der Waals surface area (Å²) in [5.41, 5.74) is 2.34. The second-order valence-corrected chi connectivity index (χ2v) is 4.49. The van der Waals surface area contributed by atoms with Gasteiger partial charge in [-0.05, 0) is 12.2 Å². The molecule has 1 atom stereocenters. The summed E-state index contributed by atoms with van der Waals surface area (Å²) in [6, 6.07) is 9.64. The third kappa shape index (κ3) is 3.17. The zero-order valence-corrected chi connectivity index (χ0v) is 11.6. The smallest absolute Gasteiger partial charge is 0.375 e. The van der Waals surface area contributed by atoms with E-state index < -0.39 is 0 Å². The van der Waals surface area contributed by atoms with Crippen LogP contribution in [0, 0.1) is 0 Å². The first-order chi connectivity index (χ1) is 9.26. The molecule has 1 aliphatic rings. The van der Waals surface area contributed by atoms with E-state index >= 15 is 0 Å². The molecule has 0 aromatic heterocycles. The average Bonchev–Trinajstić information content (AvgIpc) is 2.83. The summed E-state index contributed by atoms with van der Waals surface area (Å²) >= 11 is 4.73. The van der Waals surface area contributed by atoms with E-state index in [4.69, 9.17) is 21.7 Å². The number of benzene rings is 1. The lowest BCUT2D eigenvalue weighted by Gasteiger charge is -2.09. The summed E-state index contributed by atoms with van der Waals surface area (Å²) in [7, 11) is 1.40. The first-order valence-electron chi connectivity index (χ1n) is 6.10. The Morgan fingerprint density at radius 2 is 2.21 bits per heavy atom. The first kappa shape index (κ1) is 13.7. The number of rotatable bonds is 4. The average molecular weight is 278 g/mol. The largest absolute Gasteiger partial charge is 0.464 e. The molecular formula is C14H16NO3S+. The van der Waals surface area contributed by atoms with Crippen molar-refractivity contribution >= 4 is 29.6 Å². The molecule has 19 heavy (non-hydrogen) atoms. The highest BCUT2D eigenvalue weighted by atomic mass is 32.1. The van der Waals surface area contributed by atoms with Gasteiger partial charge in [-0.15, -0.1) is 0 Å². The van der Waals surface area contributed by atoms with Gasteiger partial charge in [0.15, 0.2) is 12.1 Å². The molecule has 1 heterocycles. The molecule has 0 N–H and O–H groups in total. The van der Waals surface area contributed by atoms with Crippen LogP contribution in [-0.2, 0) is 20.8 Å². The van der Waals surface area contributed by atoms with E-state index in [9.17, 15) is 4.79 Å². The summed E-state index contributed by atoms with van der Waals surface area (Å²) in [5, 5.41) is 0. The Kier molecular flexibility index (Phi) is 4.63. The molecular weight excluding hydrogens is 262 g/mol. The molecule has 1 aromatic rings. The van der Waals surface area contributed by atoms with Crippen LogP contribution >= 0.6 is 12.2 Å². The number of carbonyl (C=O) groups excluding carboxylic acids is 1. The zero-order valence-electron chi connectivity index (χ0n) is 10.7. The topological polar surface area (TPSA) is 38.5 Å². The minimum Gasteiger partial charge on any atom is -0.464 e. The van der Waals surface area contributed by atoms with Crippen LogP contribution in [0.3, 0.4) is 0 Å². The SMILES string of the molecule is COC(=O)[C@@H]1CCC(OC=S)=[N+]1Cc1ccccc1. The summed E-state index contributed by atoms with van der Waals surface area (Å²) < 4.78 is 12.1. The summed E-state index contributed by atoms with van der Waals surface area (Å²) in [6.07, 6.45) is 1.39. The molecule has 0 bridgehead atoms. The van der Waals surface area contributed by atoms with Gasteiger partial charge in [-0.25, -0.2) is 4.79 Å². The van der Waals surface area contributed by atoms with Gasteiger partial charge in [0.05, 0.1) is 13.5 Å². The number of hydrogen-bond donors (Lipinski definition) is 0. The fraction of sp³-hybridized carbons (Fsp3) is 0.357. The molecule has 4 nitrogen and oxygen atoms in total. The molecule has 0 saturated heterocycles. The van der Waals surface area contributed by atoms with Gasteiger partial charge in [0.25, 0.3) is 6.04 Å². The summed E-state index contributed by atoms with van der Waals surface area (Å²) in [4.78, 5) is 11.8. The molecule has 0 saturated carbocycles. The van der Waals surface area contributed by atoms with Crippen molar-refractivity contribution in [1.82, 2.24) is 0 Å². The zero-order chi connectivity index (χ0) is 13.7. The van der Waals surface area contributed by atoms with E-state index in [1.807, 2.05) is 34.9 Å². The standard InChI is InChI=1S/C14H16NO3S/c1-17-14(16)12-7-8-13(18-10-19)15(12)9-11-5-3-2-4-6-11/h2-6,10,12H,7-9H2,1H3/q+1/t12-/m0/s1. The lowest BCUT2D eigenvalue weighted by molar-refractivity contribution is -0.568. The molecule has 1 aliphatic heterocycles.